The molecule has 0 aliphatic rings. The number of amides is 1. The van der Waals surface area contributed by atoms with Gasteiger partial charge in [-0.15, -0.1) is 0 Å². The first-order valence-corrected chi connectivity index (χ1v) is 7.57. The minimum Gasteiger partial charge on any atom is -0.494 e. The van der Waals surface area contributed by atoms with Gasteiger partial charge < -0.3 is 10.1 Å². The number of benzene rings is 2. The molecule has 0 spiro atoms. The second-order valence-electron chi connectivity index (χ2n) is 5.42. The number of carbonyl (C=O) groups excluding carboxylic acids is 1. The van der Waals surface area contributed by atoms with E-state index in [1.807, 2.05) is 0 Å². The largest absolute Gasteiger partial charge is 0.494 e. The van der Waals surface area contributed by atoms with Crippen LogP contribution in [-0.2, 0) is 4.79 Å². The van der Waals surface area contributed by atoms with Crippen LogP contribution < -0.4 is 10.1 Å². The number of rotatable bonds is 6. The van der Waals surface area contributed by atoms with Crippen LogP contribution in [0.15, 0.2) is 42.5 Å². The van der Waals surface area contributed by atoms with E-state index >= 15 is 0 Å². The molecule has 6 nitrogen and oxygen atoms in total. The Morgan fingerprint density at radius 2 is 2.00 bits per heavy atom. The van der Waals surface area contributed by atoms with E-state index in [9.17, 15) is 23.7 Å². The van der Waals surface area contributed by atoms with Gasteiger partial charge >= 0.3 is 0 Å². The van der Waals surface area contributed by atoms with Gasteiger partial charge in [0.05, 0.1) is 29.7 Å². The van der Waals surface area contributed by atoms with Crippen LogP contribution in [0.3, 0.4) is 0 Å². The van der Waals surface area contributed by atoms with E-state index in [2.05, 4.69) is 5.32 Å². The Hall–Kier alpha value is -3.29. The van der Waals surface area contributed by atoms with Crippen LogP contribution >= 0.6 is 0 Å². The maximum absolute atomic E-state index is 13.7. The summed E-state index contributed by atoms with van der Waals surface area (Å²) in [6.45, 7) is 1.66. The Balaban J connectivity index is 2.10. The molecule has 0 fully saturated rings. The number of hydrogen-bond donors (Lipinski definition) is 1. The standard InChI is InChI=1S/C18H16F2N2O4/c1-11(13-4-7-17(26-2)15(20)9-13)21-18(23)8-5-12-3-6-14(19)10-16(12)22(24)25/h3-11H,1-2H3,(H,21,23). The lowest BCUT2D eigenvalue weighted by atomic mass is 10.1. The molecule has 1 amide bonds. The van der Waals surface area contributed by atoms with Crippen LogP contribution in [0.4, 0.5) is 14.5 Å². The van der Waals surface area contributed by atoms with Gasteiger partial charge in [-0.05, 0) is 42.8 Å². The molecule has 0 aliphatic heterocycles. The van der Waals surface area contributed by atoms with E-state index in [-0.39, 0.29) is 11.3 Å². The lowest BCUT2D eigenvalue weighted by Gasteiger charge is -2.14. The summed E-state index contributed by atoms with van der Waals surface area (Å²) in [4.78, 5) is 22.2. The first kappa shape index (κ1) is 19.0. The molecule has 26 heavy (non-hydrogen) atoms. The number of hydrogen-bond acceptors (Lipinski definition) is 4. The van der Waals surface area contributed by atoms with Crippen molar-refractivity contribution < 1.29 is 23.2 Å². The zero-order valence-electron chi connectivity index (χ0n) is 14.0. The molecule has 0 aliphatic carbocycles. The first-order valence-electron chi connectivity index (χ1n) is 7.57. The van der Waals surface area contributed by atoms with Crippen molar-refractivity contribution >= 4 is 17.7 Å². The minimum atomic E-state index is -0.742. The van der Waals surface area contributed by atoms with E-state index < -0.39 is 34.2 Å². The van der Waals surface area contributed by atoms with Crippen molar-refractivity contribution in [1.29, 1.82) is 0 Å². The zero-order valence-corrected chi connectivity index (χ0v) is 14.0. The number of nitrogens with one attached hydrogen (secondary N) is 1. The van der Waals surface area contributed by atoms with Gasteiger partial charge in [0.15, 0.2) is 11.6 Å². The number of nitro benzene ring substituents is 1. The van der Waals surface area contributed by atoms with Crippen LogP contribution in [0.25, 0.3) is 6.08 Å². The van der Waals surface area contributed by atoms with Gasteiger partial charge in [0, 0.05) is 6.08 Å². The zero-order chi connectivity index (χ0) is 19.3. The van der Waals surface area contributed by atoms with E-state index in [0.29, 0.717) is 5.56 Å². The molecule has 2 rings (SSSR count). The number of nitro groups is 1. The normalized spacial score (nSPS) is 12.0. The highest BCUT2D eigenvalue weighted by atomic mass is 19.1. The Labute approximate surface area is 148 Å². The van der Waals surface area contributed by atoms with Crippen LogP contribution in [0, 0.1) is 21.7 Å². The van der Waals surface area contributed by atoms with Crippen LogP contribution in [0.1, 0.15) is 24.1 Å². The highest BCUT2D eigenvalue weighted by molar-refractivity contribution is 5.92. The number of nitrogens with zero attached hydrogens (tertiary/aromatic N) is 1. The molecule has 136 valence electrons. The van der Waals surface area contributed by atoms with Gasteiger partial charge in [0.2, 0.25) is 5.91 Å². The molecular weight excluding hydrogens is 346 g/mol. The van der Waals surface area contributed by atoms with E-state index in [1.54, 1.807) is 13.0 Å². The number of carbonyl (C=O) groups is 1. The van der Waals surface area contributed by atoms with Gasteiger partial charge in [-0.3, -0.25) is 14.9 Å². The van der Waals surface area contributed by atoms with Gasteiger partial charge in [-0.1, -0.05) is 6.07 Å². The smallest absolute Gasteiger partial charge is 0.279 e. The van der Waals surface area contributed by atoms with Crippen molar-refractivity contribution in [2.45, 2.75) is 13.0 Å². The van der Waals surface area contributed by atoms with Crippen molar-refractivity contribution in [1.82, 2.24) is 5.32 Å². The third-order valence-corrected chi connectivity index (χ3v) is 3.64. The van der Waals surface area contributed by atoms with Gasteiger partial charge in [0.1, 0.15) is 5.82 Å². The van der Waals surface area contributed by atoms with Crippen molar-refractivity contribution in [2.75, 3.05) is 7.11 Å². The number of methoxy groups -OCH3 is 1. The van der Waals surface area contributed by atoms with Gasteiger partial charge in [-0.25, -0.2) is 8.78 Å². The quantitative estimate of drug-likeness (QED) is 0.482. The summed E-state index contributed by atoms with van der Waals surface area (Å²) in [6, 6.07) is 6.86. The molecule has 0 heterocycles. The van der Waals surface area contributed by atoms with E-state index in [1.165, 1.54) is 31.4 Å². The number of halogens is 2. The van der Waals surface area contributed by atoms with Crippen molar-refractivity contribution in [3.8, 4) is 5.75 Å². The Morgan fingerprint density at radius 3 is 2.62 bits per heavy atom. The Kier molecular flexibility index (Phi) is 6.00. The summed E-state index contributed by atoms with van der Waals surface area (Å²) in [5.41, 5.74) is 0.173. The van der Waals surface area contributed by atoms with Crippen molar-refractivity contribution in [2.24, 2.45) is 0 Å². The molecule has 1 N–H and O–H groups in total. The molecule has 0 radical (unpaired) electrons. The summed E-state index contributed by atoms with van der Waals surface area (Å²) >= 11 is 0. The molecule has 0 saturated heterocycles. The highest BCUT2D eigenvalue weighted by Gasteiger charge is 2.14. The molecule has 2 aromatic carbocycles. The molecule has 8 heteroatoms. The maximum atomic E-state index is 13.7. The Bertz CT molecular complexity index is 868. The van der Waals surface area contributed by atoms with Gasteiger partial charge in [-0.2, -0.15) is 0 Å². The summed E-state index contributed by atoms with van der Waals surface area (Å²) in [5.74, 6) is -1.74. The minimum absolute atomic E-state index is 0.0923. The van der Waals surface area contributed by atoms with Gasteiger partial charge in [0.25, 0.3) is 5.69 Å². The molecule has 1 unspecified atom stereocenters. The molecular formula is C18H16F2N2O4. The average molecular weight is 362 g/mol. The number of ether oxygens (including phenoxy) is 1. The maximum Gasteiger partial charge on any atom is 0.279 e. The highest BCUT2D eigenvalue weighted by Crippen LogP contribution is 2.23. The average Bonchev–Trinajstić information content (AvgIpc) is 2.60. The monoisotopic (exact) mass is 362 g/mol. The summed E-state index contributed by atoms with van der Waals surface area (Å²) < 4.78 is 31.7. The van der Waals surface area contributed by atoms with E-state index in [4.69, 9.17) is 4.74 Å². The fourth-order valence-corrected chi connectivity index (χ4v) is 2.28. The molecule has 0 aromatic heterocycles. The molecule has 0 saturated carbocycles. The molecule has 1 atom stereocenters. The third kappa shape index (κ3) is 4.62. The van der Waals surface area contributed by atoms with Crippen molar-refractivity contribution in [3.05, 3.63) is 75.3 Å². The van der Waals surface area contributed by atoms with Crippen LogP contribution in [-0.4, -0.2) is 17.9 Å². The predicted octanol–water partition coefficient (Wildman–Crippen LogP) is 3.77. The topological polar surface area (TPSA) is 81.5 Å². The van der Waals surface area contributed by atoms with Crippen LogP contribution in [0.2, 0.25) is 0 Å². The Morgan fingerprint density at radius 1 is 1.27 bits per heavy atom. The summed E-state index contributed by atoms with van der Waals surface area (Å²) in [5, 5.41) is 13.5. The summed E-state index contributed by atoms with van der Waals surface area (Å²) in [6.07, 6.45) is 2.31. The summed E-state index contributed by atoms with van der Waals surface area (Å²) in [7, 11) is 1.35. The first-order chi connectivity index (χ1) is 12.3. The lowest BCUT2D eigenvalue weighted by Crippen LogP contribution is -2.24. The van der Waals surface area contributed by atoms with Crippen molar-refractivity contribution in [3.63, 3.8) is 0 Å². The lowest BCUT2D eigenvalue weighted by molar-refractivity contribution is -0.385. The fourth-order valence-electron chi connectivity index (χ4n) is 2.28. The molecule has 0 bridgehead atoms. The fraction of sp³-hybridized carbons (Fsp3) is 0.167. The SMILES string of the molecule is COc1ccc(C(C)NC(=O)C=Cc2ccc(F)cc2[N+](=O)[O-])cc1F. The second kappa shape index (κ2) is 8.19. The van der Waals surface area contributed by atoms with Crippen LogP contribution in [0.5, 0.6) is 5.75 Å². The van der Waals surface area contributed by atoms with E-state index in [0.717, 1.165) is 18.2 Å². The third-order valence-electron chi connectivity index (χ3n) is 3.64. The second-order valence-corrected chi connectivity index (χ2v) is 5.42. The predicted molar refractivity (Wildman–Crippen MR) is 91.6 cm³/mol. The molecule has 2 aromatic rings.